The molecule has 0 fully saturated rings. The Morgan fingerprint density at radius 3 is 2.79 bits per heavy atom. The molecule has 0 bridgehead atoms. The molecule has 14 heavy (non-hydrogen) atoms. The molecule has 0 aliphatic carbocycles. The normalized spacial score (nSPS) is 10.1. The van der Waals surface area contributed by atoms with Crippen LogP contribution in [0.2, 0.25) is 0 Å². The number of carbonyl (C=O) groups is 1. The maximum atomic E-state index is 11.3. The number of aromatic hydroxyl groups is 1. The van der Waals surface area contributed by atoms with Gasteiger partial charge in [-0.2, -0.15) is 0 Å². The van der Waals surface area contributed by atoms with Crippen LogP contribution in [-0.4, -0.2) is 15.9 Å². The summed E-state index contributed by atoms with van der Waals surface area (Å²) in [6.07, 6.45) is 5.84. The lowest BCUT2D eigenvalue weighted by molar-refractivity contribution is 0.101. The van der Waals surface area contributed by atoms with Gasteiger partial charge in [0.25, 0.3) is 0 Å². The van der Waals surface area contributed by atoms with Crippen LogP contribution in [0.3, 0.4) is 0 Å². The molecule has 1 heterocycles. The van der Waals surface area contributed by atoms with Crippen LogP contribution in [0.5, 0.6) is 5.75 Å². The lowest BCUT2D eigenvalue weighted by atomic mass is 10.0. The summed E-state index contributed by atoms with van der Waals surface area (Å²) in [6.45, 7) is 3.55. The van der Waals surface area contributed by atoms with Gasteiger partial charge in [0.15, 0.2) is 5.78 Å². The Morgan fingerprint density at radius 1 is 1.50 bits per heavy atom. The maximum absolute atomic E-state index is 11.3. The largest absolute Gasteiger partial charge is 0.506 e. The van der Waals surface area contributed by atoms with Crippen molar-refractivity contribution in [2.45, 2.75) is 33.1 Å². The highest BCUT2D eigenvalue weighted by molar-refractivity contribution is 5.97. The molecule has 0 amide bonds. The van der Waals surface area contributed by atoms with E-state index in [-0.39, 0.29) is 11.5 Å². The quantitative estimate of drug-likeness (QED) is 0.746. The third-order valence-corrected chi connectivity index (χ3v) is 2.16. The standard InChI is InChI=1S/C11H15NO2/c1-3-4-5-9-6-12-7-10(14)11(9)8(2)13/h6-7,14H,3-5H2,1-2H3. The number of Topliss-reactive ketones (excluding diaryl/α,β-unsaturated/α-hetero) is 1. The third kappa shape index (κ3) is 2.31. The summed E-state index contributed by atoms with van der Waals surface area (Å²) in [7, 11) is 0. The smallest absolute Gasteiger partial charge is 0.163 e. The highest BCUT2D eigenvalue weighted by atomic mass is 16.3. The third-order valence-electron chi connectivity index (χ3n) is 2.16. The predicted octanol–water partition coefficient (Wildman–Crippen LogP) is 2.33. The number of unbranched alkanes of at least 4 members (excludes halogenated alkanes) is 1. The van der Waals surface area contributed by atoms with Crippen LogP contribution >= 0.6 is 0 Å². The predicted molar refractivity (Wildman–Crippen MR) is 54.5 cm³/mol. The molecule has 0 aliphatic rings. The van der Waals surface area contributed by atoms with E-state index >= 15 is 0 Å². The van der Waals surface area contributed by atoms with E-state index in [9.17, 15) is 9.90 Å². The van der Waals surface area contributed by atoms with Crippen molar-refractivity contribution < 1.29 is 9.90 Å². The van der Waals surface area contributed by atoms with Gasteiger partial charge in [0, 0.05) is 6.20 Å². The monoisotopic (exact) mass is 193 g/mol. The lowest BCUT2D eigenvalue weighted by Gasteiger charge is -2.06. The van der Waals surface area contributed by atoms with E-state index in [1.54, 1.807) is 6.20 Å². The number of carbonyl (C=O) groups excluding carboxylic acids is 1. The first-order valence-corrected chi connectivity index (χ1v) is 4.83. The number of aromatic nitrogens is 1. The van der Waals surface area contributed by atoms with E-state index in [1.807, 2.05) is 0 Å². The second kappa shape index (κ2) is 4.74. The van der Waals surface area contributed by atoms with Gasteiger partial charge in [-0.3, -0.25) is 9.78 Å². The molecular weight excluding hydrogens is 178 g/mol. The minimum Gasteiger partial charge on any atom is -0.506 e. The highest BCUT2D eigenvalue weighted by Gasteiger charge is 2.11. The van der Waals surface area contributed by atoms with E-state index in [1.165, 1.54) is 13.1 Å². The molecule has 0 saturated carbocycles. The second-order valence-corrected chi connectivity index (χ2v) is 3.35. The van der Waals surface area contributed by atoms with Crippen molar-refractivity contribution in [3.63, 3.8) is 0 Å². The molecule has 3 nitrogen and oxygen atoms in total. The van der Waals surface area contributed by atoms with Crippen molar-refractivity contribution >= 4 is 5.78 Å². The molecular formula is C11H15NO2. The average Bonchev–Trinajstić information content (AvgIpc) is 2.14. The average molecular weight is 193 g/mol. The molecule has 0 aromatic carbocycles. The summed E-state index contributed by atoms with van der Waals surface area (Å²) in [4.78, 5) is 15.1. The zero-order chi connectivity index (χ0) is 10.6. The number of hydrogen-bond donors (Lipinski definition) is 1. The van der Waals surface area contributed by atoms with Crippen LogP contribution in [0, 0.1) is 0 Å². The summed E-state index contributed by atoms with van der Waals surface area (Å²) >= 11 is 0. The van der Waals surface area contributed by atoms with Gasteiger partial charge in [-0.1, -0.05) is 13.3 Å². The molecule has 0 atom stereocenters. The van der Waals surface area contributed by atoms with Crippen LogP contribution in [0.1, 0.15) is 42.6 Å². The summed E-state index contributed by atoms with van der Waals surface area (Å²) in [5.41, 5.74) is 1.27. The minimum absolute atomic E-state index is 0.00824. The topological polar surface area (TPSA) is 50.2 Å². The first-order chi connectivity index (χ1) is 6.66. The maximum Gasteiger partial charge on any atom is 0.163 e. The van der Waals surface area contributed by atoms with E-state index in [4.69, 9.17) is 0 Å². The molecule has 0 unspecified atom stereocenters. The molecule has 1 aromatic heterocycles. The highest BCUT2D eigenvalue weighted by Crippen LogP contribution is 2.21. The molecule has 0 aliphatic heterocycles. The second-order valence-electron chi connectivity index (χ2n) is 3.35. The minimum atomic E-state index is -0.101. The zero-order valence-corrected chi connectivity index (χ0v) is 8.58. The summed E-state index contributed by atoms with van der Waals surface area (Å²) in [5.74, 6) is -0.109. The molecule has 3 heteroatoms. The van der Waals surface area contributed by atoms with Gasteiger partial charge in [0.2, 0.25) is 0 Å². The van der Waals surface area contributed by atoms with Crippen molar-refractivity contribution in [1.29, 1.82) is 0 Å². The summed E-state index contributed by atoms with van der Waals surface area (Å²) in [5, 5.41) is 9.48. The number of ketones is 1. The zero-order valence-electron chi connectivity index (χ0n) is 8.58. The van der Waals surface area contributed by atoms with Gasteiger partial charge in [-0.25, -0.2) is 0 Å². The van der Waals surface area contributed by atoms with Gasteiger partial charge in [-0.05, 0) is 25.3 Å². The molecule has 0 radical (unpaired) electrons. The Labute approximate surface area is 83.8 Å². The van der Waals surface area contributed by atoms with Crippen molar-refractivity contribution in [2.24, 2.45) is 0 Å². The Morgan fingerprint density at radius 2 is 2.21 bits per heavy atom. The Hall–Kier alpha value is -1.38. The van der Waals surface area contributed by atoms with E-state index < -0.39 is 0 Å². The fourth-order valence-corrected chi connectivity index (χ4v) is 1.45. The first-order valence-electron chi connectivity index (χ1n) is 4.83. The molecule has 1 aromatic rings. The van der Waals surface area contributed by atoms with E-state index in [0.717, 1.165) is 24.8 Å². The van der Waals surface area contributed by atoms with Crippen molar-refractivity contribution in [3.05, 3.63) is 23.5 Å². The summed E-state index contributed by atoms with van der Waals surface area (Å²) in [6, 6.07) is 0. The number of aryl methyl sites for hydroxylation is 1. The van der Waals surface area contributed by atoms with Crippen LogP contribution < -0.4 is 0 Å². The van der Waals surface area contributed by atoms with Gasteiger partial charge in [0.05, 0.1) is 11.8 Å². The van der Waals surface area contributed by atoms with E-state index in [0.29, 0.717) is 5.56 Å². The van der Waals surface area contributed by atoms with Crippen LogP contribution in [-0.2, 0) is 6.42 Å². The van der Waals surface area contributed by atoms with Gasteiger partial charge >= 0.3 is 0 Å². The number of rotatable bonds is 4. The van der Waals surface area contributed by atoms with Crippen molar-refractivity contribution in [1.82, 2.24) is 4.98 Å². The van der Waals surface area contributed by atoms with Crippen molar-refractivity contribution in [2.75, 3.05) is 0 Å². The van der Waals surface area contributed by atoms with Gasteiger partial charge in [0.1, 0.15) is 5.75 Å². The van der Waals surface area contributed by atoms with Gasteiger partial charge < -0.3 is 5.11 Å². The van der Waals surface area contributed by atoms with Crippen LogP contribution in [0.25, 0.3) is 0 Å². The fraction of sp³-hybridized carbons (Fsp3) is 0.455. The molecule has 0 spiro atoms. The Kier molecular flexibility index (Phi) is 3.63. The summed E-state index contributed by atoms with van der Waals surface area (Å²) < 4.78 is 0. The molecule has 0 saturated heterocycles. The van der Waals surface area contributed by atoms with E-state index in [2.05, 4.69) is 11.9 Å². The fourth-order valence-electron chi connectivity index (χ4n) is 1.45. The van der Waals surface area contributed by atoms with Crippen molar-refractivity contribution in [3.8, 4) is 5.75 Å². The Balaban J connectivity index is 3.02. The number of hydrogen-bond acceptors (Lipinski definition) is 3. The SMILES string of the molecule is CCCCc1cncc(O)c1C(C)=O. The number of nitrogens with zero attached hydrogens (tertiary/aromatic N) is 1. The lowest BCUT2D eigenvalue weighted by Crippen LogP contribution is -2.01. The Bertz CT molecular complexity index is 334. The molecule has 76 valence electrons. The first kappa shape index (κ1) is 10.7. The van der Waals surface area contributed by atoms with Crippen LogP contribution in [0.4, 0.5) is 0 Å². The van der Waals surface area contributed by atoms with Crippen LogP contribution in [0.15, 0.2) is 12.4 Å². The molecule has 1 rings (SSSR count). The van der Waals surface area contributed by atoms with Gasteiger partial charge in [-0.15, -0.1) is 0 Å². The molecule has 1 N–H and O–H groups in total. The number of pyridine rings is 1.